The molecule has 1 N–H and O–H groups in total. The van der Waals surface area contributed by atoms with Crippen LogP contribution in [-0.4, -0.2) is 48.0 Å². The van der Waals surface area contributed by atoms with E-state index in [4.69, 9.17) is 27.9 Å². The van der Waals surface area contributed by atoms with Crippen LogP contribution in [0.25, 0.3) is 0 Å². The third-order valence-electron chi connectivity index (χ3n) is 4.09. The van der Waals surface area contributed by atoms with Crippen LogP contribution in [0.5, 0.6) is 0 Å². The van der Waals surface area contributed by atoms with Gasteiger partial charge in [-0.15, -0.1) is 0 Å². The lowest BCUT2D eigenvalue weighted by atomic mass is 9.89. The molecular weight excluding hydrogens is 297 g/mol. The molecule has 0 spiro atoms. The lowest BCUT2D eigenvalue weighted by Gasteiger charge is -2.43. The second-order valence-electron chi connectivity index (χ2n) is 5.69. The molecule has 1 atom stereocenters. The van der Waals surface area contributed by atoms with Crippen molar-refractivity contribution < 1.29 is 9.84 Å². The topological polar surface area (TPSA) is 32.7 Å². The zero-order chi connectivity index (χ0) is 14.8. The Hall–Kier alpha value is -0.320. The second kappa shape index (κ2) is 6.63. The molecule has 2 rings (SSSR count). The molecule has 20 heavy (non-hydrogen) atoms. The molecule has 1 aliphatic rings. The summed E-state index contributed by atoms with van der Waals surface area (Å²) in [4.78, 5) is 2.26. The number of halogens is 2. The highest BCUT2D eigenvalue weighted by molar-refractivity contribution is 6.42. The van der Waals surface area contributed by atoms with Crippen LogP contribution in [-0.2, 0) is 11.2 Å². The van der Waals surface area contributed by atoms with Crippen LogP contribution >= 0.6 is 23.2 Å². The molecule has 1 fully saturated rings. The average molecular weight is 318 g/mol. The molecule has 3 nitrogen and oxygen atoms in total. The van der Waals surface area contributed by atoms with Crippen molar-refractivity contribution in [2.45, 2.75) is 31.9 Å². The van der Waals surface area contributed by atoms with E-state index in [9.17, 15) is 5.11 Å². The summed E-state index contributed by atoms with van der Waals surface area (Å²) >= 11 is 12.2. The molecule has 1 saturated heterocycles. The molecule has 0 bridgehead atoms. The standard InChI is InChI=1S/C15H21Cl2NO2/c1-15(2,18-6-8-20-9-7-18)13(19)10-11-4-3-5-12(16)14(11)17/h3-5,13,19H,6-10H2,1-2H3. The van der Waals surface area contributed by atoms with Crippen LogP contribution in [0.15, 0.2) is 18.2 Å². The molecule has 0 saturated carbocycles. The zero-order valence-electron chi connectivity index (χ0n) is 11.9. The summed E-state index contributed by atoms with van der Waals surface area (Å²) in [5, 5.41) is 11.7. The summed E-state index contributed by atoms with van der Waals surface area (Å²) in [6.45, 7) is 7.23. The number of aliphatic hydroxyl groups excluding tert-OH is 1. The van der Waals surface area contributed by atoms with E-state index in [1.807, 2.05) is 12.1 Å². The van der Waals surface area contributed by atoms with E-state index in [1.165, 1.54) is 0 Å². The Morgan fingerprint density at radius 1 is 1.30 bits per heavy atom. The van der Waals surface area contributed by atoms with E-state index >= 15 is 0 Å². The van der Waals surface area contributed by atoms with Crippen LogP contribution in [0, 0.1) is 0 Å². The maximum Gasteiger partial charge on any atom is 0.0759 e. The van der Waals surface area contributed by atoms with Gasteiger partial charge in [-0.3, -0.25) is 4.90 Å². The monoisotopic (exact) mass is 317 g/mol. The fraction of sp³-hybridized carbons (Fsp3) is 0.600. The SMILES string of the molecule is CC(C)(C(O)Cc1cccc(Cl)c1Cl)N1CCOCC1. The quantitative estimate of drug-likeness (QED) is 0.926. The smallest absolute Gasteiger partial charge is 0.0759 e. The molecular formula is C15H21Cl2NO2. The van der Waals surface area contributed by atoms with Crippen molar-refractivity contribution >= 4 is 23.2 Å². The van der Waals surface area contributed by atoms with E-state index in [2.05, 4.69) is 18.7 Å². The molecule has 0 aromatic heterocycles. The first kappa shape index (κ1) is 16.1. The van der Waals surface area contributed by atoms with Gasteiger partial charge in [-0.25, -0.2) is 0 Å². The van der Waals surface area contributed by atoms with Crippen molar-refractivity contribution in [2.24, 2.45) is 0 Å². The Morgan fingerprint density at radius 2 is 1.95 bits per heavy atom. The number of nitrogens with zero attached hydrogens (tertiary/aromatic N) is 1. The highest BCUT2D eigenvalue weighted by atomic mass is 35.5. The van der Waals surface area contributed by atoms with E-state index in [1.54, 1.807) is 6.07 Å². The third-order valence-corrected chi connectivity index (χ3v) is 4.94. The van der Waals surface area contributed by atoms with Gasteiger partial charge in [0, 0.05) is 25.0 Å². The summed E-state index contributed by atoms with van der Waals surface area (Å²) in [5.74, 6) is 0. The number of rotatable bonds is 4. The Bertz CT molecular complexity index is 459. The van der Waals surface area contributed by atoms with E-state index in [0.29, 0.717) is 29.7 Å². The Balaban J connectivity index is 2.09. The largest absolute Gasteiger partial charge is 0.391 e. The lowest BCUT2D eigenvalue weighted by molar-refractivity contribution is -0.0611. The van der Waals surface area contributed by atoms with Gasteiger partial charge in [0.25, 0.3) is 0 Å². The van der Waals surface area contributed by atoms with E-state index < -0.39 is 6.10 Å². The second-order valence-corrected chi connectivity index (χ2v) is 6.47. The fourth-order valence-electron chi connectivity index (χ4n) is 2.51. The summed E-state index contributed by atoms with van der Waals surface area (Å²) in [5.41, 5.74) is 0.558. The van der Waals surface area contributed by atoms with Gasteiger partial charge in [-0.1, -0.05) is 35.3 Å². The van der Waals surface area contributed by atoms with Gasteiger partial charge >= 0.3 is 0 Å². The molecule has 5 heteroatoms. The maximum absolute atomic E-state index is 10.6. The van der Waals surface area contributed by atoms with Gasteiger partial charge in [0.15, 0.2) is 0 Å². The normalized spacial score (nSPS) is 19.1. The van der Waals surface area contributed by atoms with Crippen LogP contribution in [0.4, 0.5) is 0 Å². The highest BCUT2D eigenvalue weighted by Gasteiger charge is 2.35. The Morgan fingerprint density at radius 3 is 2.60 bits per heavy atom. The van der Waals surface area contributed by atoms with Crippen LogP contribution in [0.1, 0.15) is 19.4 Å². The molecule has 1 heterocycles. The molecule has 112 valence electrons. The molecule has 1 aromatic rings. The first-order valence-corrected chi connectivity index (χ1v) is 7.62. The van der Waals surface area contributed by atoms with Gasteiger partial charge in [0.2, 0.25) is 0 Å². The Labute approximate surface area is 130 Å². The van der Waals surface area contributed by atoms with Crippen molar-refractivity contribution in [3.8, 4) is 0 Å². The minimum Gasteiger partial charge on any atom is -0.391 e. The highest BCUT2D eigenvalue weighted by Crippen LogP contribution is 2.29. The van der Waals surface area contributed by atoms with Crippen molar-refractivity contribution in [1.82, 2.24) is 4.90 Å². The predicted molar refractivity (Wildman–Crippen MR) is 82.6 cm³/mol. The third kappa shape index (κ3) is 3.46. The molecule has 0 amide bonds. The molecule has 0 radical (unpaired) electrons. The van der Waals surface area contributed by atoms with Crippen molar-refractivity contribution in [3.05, 3.63) is 33.8 Å². The number of hydrogen-bond acceptors (Lipinski definition) is 3. The molecule has 1 aliphatic heterocycles. The lowest BCUT2D eigenvalue weighted by Crippen LogP contribution is -2.56. The zero-order valence-corrected chi connectivity index (χ0v) is 13.4. The summed E-state index contributed by atoms with van der Waals surface area (Å²) < 4.78 is 5.37. The number of aliphatic hydroxyl groups is 1. The first-order chi connectivity index (χ1) is 9.43. The van der Waals surface area contributed by atoms with Gasteiger partial charge in [-0.2, -0.15) is 0 Å². The van der Waals surface area contributed by atoms with Crippen LogP contribution in [0.2, 0.25) is 10.0 Å². The number of benzene rings is 1. The molecule has 1 unspecified atom stereocenters. The minimum atomic E-state index is -0.517. The molecule has 0 aliphatic carbocycles. The van der Waals surface area contributed by atoms with Gasteiger partial charge in [0.1, 0.15) is 0 Å². The van der Waals surface area contributed by atoms with E-state index in [-0.39, 0.29) is 5.54 Å². The van der Waals surface area contributed by atoms with Gasteiger partial charge in [-0.05, 0) is 25.5 Å². The average Bonchev–Trinajstić information content (AvgIpc) is 2.44. The van der Waals surface area contributed by atoms with Gasteiger partial charge < -0.3 is 9.84 Å². The summed E-state index contributed by atoms with van der Waals surface area (Å²) in [6, 6.07) is 5.53. The van der Waals surface area contributed by atoms with Crippen molar-refractivity contribution in [3.63, 3.8) is 0 Å². The first-order valence-electron chi connectivity index (χ1n) is 6.86. The fourth-order valence-corrected chi connectivity index (χ4v) is 2.91. The number of ether oxygens (including phenoxy) is 1. The van der Waals surface area contributed by atoms with E-state index in [0.717, 1.165) is 18.7 Å². The summed E-state index contributed by atoms with van der Waals surface area (Å²) in [7, 11) is 0. The Kier molecular flexibility index (Phi) is 5.32. The van der Waals surface area contributed by atoms with Crippen LogP contribution in [0.3, 0.4) is 0 Å². The minimum absolute atomic E-state index is 0.324. The van der Waals surface area contributed by atoms with Crippen LogP contribution < -0.4 is 0 Å². The van der Waals surface area contributed by atoms with Gasteiger partial charge in [0.05, 0.1) is 29.4 Å². The predicted octanol–water partition coefficient (Wildman–Crippen LogP) is 3.01. The molecule has 1 aromatic carbocycles. The van der Waals surface area contributed by atoms with Crippen molar-refractivity contribution in [1.29, 1.82) is 0 Å². The van der Waals surface area contributed by atoms with Crippen molar-refractivity contribution in [2.75, 3.05) is 26.3 Å². The number of hydrogen-bond donors (Lipinski definition) is 1. The number of morpholine rings is 1. The maximum atomic E-state index is 10.6. The summed E-state index contributed by atoms with van der Waals surface area (Å²) in [6.07, 6.45) is -0.0272.